The molecule has 4 nitrogen and oxygen atoms in total. The molecule has 0 saturated heterocycles. The summed E-state index contributed by atoms with van der Waals surface area (Å²) in [6.07, 6.45) is 4.75. The molecule has 0 aromatic heterocycles. The summed E-state index contributed by atoms with van der Waals surface area (Å²) in [4.78, 5) is 29.2. The lowest BCUT2D eigenvalue weighted by atomic mass is 10.0. The van der Waals surface area contributed by atoms with Crippen molar-refractivity contribution in [2.75, 3.05) is 5.75 Å². The molecule has 1 aliphatic carbocycles. The Hall–Kier alpha value is -2.28. The van der Waals surface area contributed by atoms with Gasteiger partial charge in [-0.05, 0) is 53.8 Å². The predicted molar refractivity (Wildman–Crippen MR) is 157 cm³/mol. The van der Waals surface area contributed by atoms with Gasteiger partial charge in [-0.15, -0.1) is 11.8 Å². The second-order valence-electron chi connectivity index (χ2n) is 9.46. The fraction of sp³-hybridized carbons (Fsp3) is 0.333. The van der Waals surface area contributed by atoms with Crippen LogP contribution >= 0.6 is 39.3 Å². The molecule has 194 valence electrons. The molecule has 2 amide bonds. The molecule has 1 N–H and O–H groups in total. The Morgan fingerprint density at radius 3 is 2.24 bits per heavy atom. The zero-order chi connectivity index (χ0) is 26.0. The van der Waals surface area contributed by atoms with Gasteiger partial charge in [-0.25, -0.2) is 0 Å². The van der Waals surface area contributed by atoms with E-state index in [0.29, 0.717) is 29.5 Å². The molecule has 4 rings (SSSR count). The molecule has 0 spiro atoms. The van der Waals surface area contributed by atoms with E-state index < -0.39 is 6.04 Å². The average Bonchev–Trinajstić information content (AvgIpc) is 3.42. The van der Waals surface area contributed by atoms with Gasteiger partial charge < -0.3 is 10.2 Å². The van der Waals surface area contributed by atoms with E-state index in [4.69, 9.17) is 11.6 Å². The summed E-state index contributed by atoms with van der Waals surface area (Å²) in [6, 6.07) is 25.2. The number of benzene rings is 3. The van der Waals surface area contributed by atoms with Gasteiger partial charge in [0.05, 0.1) is 5.75 Å². The van der Waals surface area contributed by atoms with Crippen molar-refractivity contribution in [3.8, 4) is 0 Å². The summed E-state index contributed by atoms with van der Waals surface area (Å²) in [5.74, 6) is 0.890. The zero-order valence-corrected chi connectivity index (χ0v) is 23.9. The van der Waals surface area contributed by atoms with Gasteiger partial charge in [-0.1, -0.05) is 95.0 Å². The maximum atomic E-state index is 13.7. The maximum absolute atomic E-state index is 13.7. The molecule has 1 saturated carbocycles. The molecule has 37 heavy (non-hydrogen) atoms. The molecule has 1 atom stereocenters. The van der Waals surface area contributed by atoms with Crippen molar-refractivity contribution in [3.05, 3.63) is 105 Å². The summed E-state index contributed by atoms with van der Waals surface area (Å²) >= 11 is 11.1. The lowest BCUT2D eigenvalue weighted by Gasteiger charge is -2.32. The first kappa shape index (κ1) is 27.7. The number of amides is 2. The largest absolute Gasteiger partial charge is 0.352 e. The third-order valence-corrected chi connectivity index (χ3v) is 8.42. The smallest absolute Gasteiger partial charge is 0.243 e. The molecule has 3 aromatic carbocycles. The molecule has 1 aliphatic rings. The Labute approximate surface area is 237 Å². The second kappa shape index (κ2) is 14.0. The number of nitrogens with one attached hydrogen (secondary N) is 1. The maximum Gasteiger partial charge on any atom is 0.243 e. The van der Waals surface area contributed by atoms with E-state index in [9.17, 15) is 9.59 Å². The number of rotatable bonds is 11. The van der Waals surface area contributed by atoms with Gasteiger partial charge >= 0.3 is 0 Å². The Morgan fingerprint density at radius 1 is 0.919 bits per heavy atom. The first-order valence-corrected chi connectivity index (χ1v) is 15.0. The van der Waals surface area contributed by atoms with Gasteiger partial charge in [0.25, 0.3) is 0 Å². The number of carbonyl (C=O) groups excluding carboxylic acids is 2. The SMILES string of the molecule is O=C(NC1CCCC1)[C@H](Cc1ccccc1)N(Cc1ccc(Br)cc1)C(=O)CSCc1ccc(Cl)cc1. The molecule has 0 heterocycles. The number of halogens is 2. The van der Waals surface area contributed by atoms with Crippen LogP contribution in [0.5, 0.6) is 0 Å². The number of nitrogens with zero attached hydrogens (tertiary/aromatic N) is 1. The van der Waals surface area contributed by atoms with Crippen LogP contribution in [0.4, 0.5) is 0 Å². The normalized spacial score (nSPS) is 14.3. The Bertz CT molecular complexity index is 1150. The van der Waals surface area contributed by atoms with Crippen LogP contribution in [-0.4, -0.2) is 34.6 Å². The van der Waals surface area contributed by atoms with Gasteiger partial charge in [0.15, 0.2) is 0 Å². The third kappa shape index (κ3) is 8.62. The van der Waals surface area contributed by atoms with E-state index >= 15 is 0 Å². The molecular formula is C30H32BrClN2O2S. The molecule has 3 aromatic rings. The van der Waals surface area contributed by atoms with Crippen LogP contribution in [0.25, 0.3) is 0 Å². The molecule has 0 bridgehead atoms. The Balaban J connectivity index is 1.55. The van der Waals surface area contributed by atoms with Gasteiger partial charge in [0.1, 0.15) is 6.04 Å². The van der Waals surface area contributed by atoms with E-state index in [0.717, 1.165) is 46.8 Å². The van der Waals surface area contributed by atoms with Crippen molar-refractivity contribution >= 4 is 51.1 Å². The van der Waals surface area contributed by atoms with E-state index in [2.05, 4.69) is 21.2 Å². The highest BCUT2D eigenvalue weighted by atomic mass is 79.9. The van der Waals surface area contributed by atoms with Crippen LogP contribution in [0.15, 0.2) is 83.3 Å². The summed E-state index contributed by atoms with van der Waals surface area (Å²) in [7, 11) is 0. The van der Waals surface area contributed by atoms with Crippen molar-refractivity contribution in [1.82, 2.24) is 10.2 Å². The fourth-order valence-corrected chi connectivity index (χ4v) is 5.89. The minimum Gasteiger partial charge on any atom is -0.352 e. The summed E-state index contributed by atoms with van der Waals surface area (Å²) < 4.78 is 0.979. The first-order chi connectivity index (χ1) is 18.0. The number of thioether (sulfide) groups is 1. The highest BCUT2D eigenvalue weighted by Gasteiger charge is 2.32. The van der Waals surface area contributed by atoms with Crippen molar-refractivity contribution < 1.29 is 9.59 Å². The van der Waals surface area contributed by atoms with Crippen molar-refractivity contribution in [2.45, 2.75) is 56.5 Å². The first-order valence-electron chi connectivity index (χ1n) is 12.7. The summed E-state index contributed by atoms with van der Waals surface area (Å²) in [6.45, 7) is 0.378. The van der Waals surface area contributed by atoms with Gasteiger partial charge in [-0.2, -0.15) is 0 Å². The average molecular weight is 600 g/mol. The zero-order valence-electron chi connectivity index (χ0n) is 20.7. The molecule has 0 radical (unpaired) electrons. The fourth-order valence-electron chi connectivity index (χ4n) is 4.63. The molecular weight excluding hydrogens is 568 g/mol. The van der Waals surface area contributed by atoms with Crippen LogP contribution < -0.4 is 5.32 Å². The molecule has 0 aliphatic heterocycles. The van der Waals surface area contributed by atoms with E-state index in [1.54, 1.807) is 16.7 Å². The predicted octanol–water partition coefficient (Wildman–Crippen LogP) is 7.03. The molecule has 1 fully saturated rings. The quantitative estimate of drug-likeness (QED) is 0.257. The topological polar surface area (TPSA) is 49.4 Å². The van der Waals surface area contributed by atoms with Crippen LogP contribution in [0.2, 0.25) is 5.02 Å². The number of hydrogen-bond acceptors (Lipinski definition) is 3. The van der Waals surface area contributed by atoms with Crippen molar-refractivity contribution in [2.24, 2.45) is 0 Å². The van der Waals surface area contributed by atoms with Gasteiger partial charge in [0.2, 0.25) is 11.8 Å². The highest BCUT2D eigenvalue weighted by Crippen LogP contribution is 2.22. The third-order valence-electron chi connectivity index (χ3n) is 6.65. The minimum absolute atomic E-state index is 0.0376. The summed E-state index contributed by atoms with van der Waals surface area (Å²) in [5, 5.41) is 3.95. The van der Waals surface area contributed by atoms with Crippen LogP contribution in [0, 0.1) is 0 Å². The molecule has 7 heteroatoms. The van der Waals surface area contributed by atoms with Crippen molar-refractivity contribution in [1.29, 1.82) is 0 Å². The van der Waals surface area contributed by atoms with Crippen LogP contribution in [0.1, 0.15) is 42.4 Å². The Morgan fingerprint density at radius 2 is 1.57 bits per heavy atom. The second-order valence-corrected chi connectivity index (χ2v) is 11.8. The van der Waals surface area contributed by atoms with Crippen LogP contribution in [-0.2, 0) is 28.3 Å². The highest BCUT2D eigenvalue weighted by molar-refractivity contribution is 9.10. The minimum atomic E-state index is -0.588. The Kier molecular flexibility index (Phi) is 10.5. The lowest BCUT2D eigenvalue weighted by molar-refractivity contribution is -0.139. The lowest BCUT2D eigenvalue weighted by Crippen LogP contribution is -2.52. The van der Waals surface area contributed by atoms with E-state index in [-0.39, 0.29) is 17.9 Å². The number of hydrogen-bond donors (Lipinski definition) is 1. The number of carbonyl (C=O) groups is 2. The van der Waals surface area contributed by atoms with Crippen molar-refractivity contribution in [3.63, 3.8) is 0 Å². The summed E-state index contributed by atoms with van der Waals surface area (Å²) in [5.41, 5.74) is 3.14. The molecule has 0 unspecified atom stereocenters. The standard InChI is InChI=1S/C30H32BrClN2O2S/c31-25-14-10-23(11-15-25)19-34(29(35)21-37-20-24-12-16-26(32)17-13-24)28(18-22-6-2-1-3-7-22)30(36)33-27-8-4-5-9-27/h1-3,6-7,10-17,27-28H,4-5,8-9,18-21H2,(H,33,36)/t28-/m0/s1. The van der Waals surface area contributed by atoms with E-state index in [1.165, 1.54) is 0 Å². The van der Waals surface area contributed by atoms with Crippen LogP contribution in [0.3, 0.4) is 0 Å². The van der Waals surface area contributed by atoms with E-state index in [1.807, 2.05) is 78.9 Å². The monoisotopic (exact) mass is 598 g/mol. The van der Waals surface area contributed by atoms with Gasteiger partial charge in [0, 0.05) is 34.3 Å². The van der Waals surface area contributed by atoms with Gasteiger partial charge in [-0.3, -0.25) is 9.59 Å².